The van der Waals surface area contributed by atoms with Crippen LogP contribution in [0.4, 0.5) is 0 Å². The third-order valence-electron chi connectivity index (χ3n) is 7.57. The molecule has 7 aliphatic rings. The van der Waals surface area contributed by atoms with Gasteiger partial charge in [-0.3, -0.25) is 10.2 Å². The molecule has 4 heteroatoms. The highest BCUT2D eigenvalue weighted by atomic mass is 15.6. The van der Waals surface area contributed by atoms with Crippen molar-refractivity contribution in [2.75, 3.05) is 0 Å². The van der Waals surface area contributed by atoms with Crippen molar-refractivity contribution in [1.82, 2.24) is 20.4 Å². The first-order valence-corrected chi connectivity index (χ1v) is 10.9. The minimum absolute atomic E-state index is 0.228. The number of hydrogen-bond acceptors (Lipinski definition) is 4. The number of hydrogen-bond donors (Lipinski definition) is 2. The van der Waals surface area contributed by atoms with E-state index in [-0.39, 0.29) is 6.29 Å². The van der Waals surface area contributed by atoms with Gasteiger partial charge in [0.05, 0.1) is 18.1 Å². The van der Waals surface area contributed by atoms with Gasteiger partial charge in [0.25, 0.3) is 0 Å². The van der Waals surface area contributed by atoms with E-state index in [2.05, 4.69) is 105 Å². The van der Waals surface area contributed by atoms with E-state index >= 15 is 0 Å². The Morgan fingerprint density at radius 1 is 0.724 bits per heavy atom. The quantitative estimate of drug-likeness (QED) is 0.730. The van der Waals surface area contributed by atoms with Crippen LogP contribution < -0.4 is 10.6 Å². The summed E-state index contributed by atoms with van der Waals surface area (Å²) in [6, 6.07) is 2.53. The highest BCUT2D eigenvalue weighted by Crippen LogP contribution is 2.43. The Labute approximate surface area is 172 Å². The van der Waals surface area contributed by atoms with E-state index in [1.165, 1.54) is 5.70 Å². The second kappa shape index (κ2) is 6.05. The van der Waals surface area contributed by atoms with Gasteiger partial charge in [0.15, 0.2) is 0 Å². The zero-order valence-electron chi connectivity index (χ0n) is 16.3. The molecule has 4 nitrogen and oxygen atoms in total. The first kappa shape index (κ1) is 16.4. The smallest absolute Gasteiger partial charge is 0.139 e. The van der Waals surface area contributed by atoms with Crippen LogP contribution in [0, 0.1) is 5.92 Å². The van der Waals surface area contributed by atoms with Crippen LogP contribution in [0.1, 0.15) is 6.42 Å². The van der Waals surface area contributed by atoms with E-state index < -0.39 is 0 Å². The number of nitrogens with one attached hydrogen (secondary N) is 2. The molecule has 2 N–H and O–H groups in total. The minimum atomic E-state index is 0.228. The molecule has 0 amide bonds. The third kappa shape index (κ3) is 2.25. The number of allylic oxidation sites excluding steroid dienone is 7. The van der Waals surface area contributed by atoms with Crippen molar-refractivity contribution in [1.29, 1.82) is 0 Å². The van der Waals surface area contributed by atoms with Crippen molar-refractivity contribution in [3.8, 4) is 0 Å². The Balaban J connectivity index is 1.27. The van der Waals surface area contributed by atoms with E-state index in [9.17, 15) is 0 Å². The molecule has 0 radical (unpaired) electrons. The Hall–Kier alpha value is -2.40. The lowest BCUT2D eigenvalue weighted by Gasteiger charge is -2.34. The standard InChI is InChI=1S/C25H26N4/c1-2-8-19-17(7-1)18-15-16(13-14-20(18)26-19)28-23-11-5-6-12-24(23)29-22-10-4-3-9-21(22)27-25(28)29/h1-13,15,17,19-27H,14H2. The van der Waals surface area contributed by atoms with E-state index in [0.29, 0.717) is 42.2 Å². The SMILES string of the molecule is C1=CC2NC3CC=C(N4C5C=CC=CC5N5C6C=CC=CC6NC45)C=C3C2C=C1. The Bertz CT molecular complexity index is 977. The summed E-state index contributed by atoms with van der Waals surface area (Å²) in [4.78, 5) is 5.29. The summed E-state index contributed by atoms with van der Waals surface area (Å²) in [5.74, 6) is 0.495. The monoisotopic (exact) mass is 382 g/mol. The molecule has 3 fully saturated rings. The maximum Gasteiger partial charge on any atom is 0.139 e. The van der Waals surface area contributed by atoms with Crippen LogP contribution in [0.2, 0.25) is 0 Å². The first-order valence-electron chi connectivity index (χ1n) is 10.9. The van der Waals surface area contributed by atoms with Crippen molar-refractivity contribution < 1.29 is 0 Å². The summed E-state index contributed by atoms with van der Waals surface area (Å²) in [5, 5.41) is 7.72. The van der Waals surface area contributed by atoms with Crippen molar-refractivity contribution >= 4 is 0 Å². The van der Waals surface area contributed by atoms with Crippen molar-refractivity contribution in [3.63, 3.8) is 0 Å². The second-order valence-corrected chi connectivity index (χ2v) is 8.98. The van der Waals surface area contributed by atoms with Crippen LogP contribution >= 0.6 is 0 Å². The van der Waals surface area contributed by atoms with Gasteiger partial charge < -0.3 is 10.2 Å². The number of fused-ring (bicyclic) bond motifs is 8. The highest BCUT2D eigenvalue weighted by molar-refractivity contribution is 5.44. The normalized spacial score (nSPS) is 45.6. The molecule has 3 saturated heterocycles. The minimum Gasteiger partial charge on any atom is -0.335 e. The molecule has 8 unspecified atom stereocenters. The summed E-state index contributed by atoms with van der Waals surface area (Å²) in [6.45, 7) is 0. The van der Waals surface area contributed by atoms with Crippen LogP contribution in [-0.4, -0.2) is 52.3 Å². The highest BCUT2D eigenvalue weighted by Gasteiger charge is 2.54. The van der Waals surface area contributed by atoms with Gasteiger partial charge in [0.1, 0.15) is 6.29 Å². The summed E-state index contributed by atoms with van der Waals surface area (Å²) in [5.41, 5.74) is 2.93. The maximum absolute atomic E-state index is 3.91. The molecule has 0 bridgehead atoms. The van der Waals surface area contributed by atoms with Crippen molar-refractivity contribution in [2.45, 2.75) is 49.0 Å². The summed E-state index contributed by atoms with van der Waals surface area (Å²) >= 11 is 0. The summed E-state index contributed by atoms with van der Waals surface area (Å²) in [7, 11) is 0. The largest absolute Gasteiger partial charge is 0.335 e. The zero-order valence-corrected chi connectivity index (χ0v) is 16.3. The van der Waals surface area contributed by atoms with Gasteiger partial charge in [-0.15, -0.1) is 0 Å². The molecular weight excluding hydrogens is 356 g/mol. The second-order valence-electron chi connectivity index (χ2n) is 8.98. The van der Waals surface area contributed by atoms with E-state index in [4.69, 9.17) is 0 Å². The van der Waals surface area contributed by atoms with Gasteiger partial charge in [-0.2, -0.15) is 0 Å². The molecule has 0 aromatic heterocycles. The van der Waals surface area contributed by atoms with E-state index in [1.54, 1.807) is 5.57 Å². The molecule has 0 aromatic rings. The van der Waals surface area contributed by atoms with Crippen LogP contribution in [0.5, 0.6) is 0 Å². The molecule has 8 atom stereocenters. The molecule has 4 aliphatic carbocycles. The van der Waals surface area contributed by atoms with Gasteiger partial charge in [-0.05, 0) is 18.1 Å². The van der Waals surface area contributed by atoms with Crippen LogP contribution in [0.3, 0.4) is 0 Å². The third-order valence-corrected chi connectivity index (χ3v) is 7.57. The maximum atomic E-state index is 3.91. The van der Waals surface area contributed by atoms with Crippen molar-refractivity contribution in [3.05, 3.63) is 96.3 Å². The molecule has 7 rings (SSSR count). The number of rotatable bonds is 1. The molecule has 29 heavy (non-hydrogen) atoms. The molecule has 3 heterocycles. The van der Waals surface area contributed by atoms with Crippen LogP contribution in [0.25, 0.3) is 0 Å². The Morgan fingerprint density at radius 2 is 1.45 bits per heavy atom. The van der Waals surface area contributed by atoms with Crippen molar-refractivity contribution in [2.24, 2.45) is 5.92 Å². The predicted octanol–water partition coefficient (Wildman–Crippen LogP) is 2.51. The topological polar surface area (TPSA) is 30.5 Å². The fraction of sp³-hybridized carbons (Fsp3) is 0.360. The summed E-state index contributed by atoms with van der Waals surface area (Å²) < 4.78 is 0. The van der Waals surface area contributed by atoms with Crippen LogP contribution in [0.15, 0.2) is 96.3 Å². The van der Waals surface area contributed by atoms with E-state index in [0.717, 1.165) is 6.42 Å². The van der Waals surface area contributed by atoms with Crippen LogP contribution in [-0.2, 0) is 0 Å². The van der Waals surface area contributed by atoms with E-state index in [1.807, 2.05) is 0 Å². The van der Waals surface area contributed by atoms with Gasteiger partial charge in [0, 0.05) is 29.7 Å². The van der Waals surface area contributed by atoms with Gasteiger partial charge in [0.2, 0.25) is 0 Å². The molecule has 0 aromatic carbocycles. The fourth-order valence-electron chi connectivity index (χ4n) is 6.33. The number of nitrogens with zero attached hydrogens (tertiary/aromatic N) is 2. The Morgan fingerprint density at radius 3 is 2.34 bits per heavy atom. The first-order chi connectivity index (χ1) is 14.4. The molecule has 146 valence electrons. The lowest BCUT2D eigenvalue weighted by Crippen LogP contribution is -2.46. The summed E-state index contributed by atoms with van der Waals surface area (Å²) in [6.07, 6.45) is 33.5. The van der Waals surface area contributed by atoms with Gasteiger partial charge in [-0.1, -0.05) is 79.0 Å². The molecule has 3 aliphatic heterocycles. The zero-order chi connectivity index (χ0) is 18.9. The average molecular weight is 383 g/mol. The lowest BCUT2D eigenvalue weighted by molar-refractivity contribution is 0.165. The fourth-order valence-corrected chi connectivity index (χ4v) is 6.33. The Kier molecular flexibility index (Phi) is 3.42. The molecule has 0 saturated carbocycles. The molecule has 0 spiro atoms. The average Bonchev–Trinajstić information content (AvgIpc) is 3.41. The molecular formula is C25H26N4. The predicted molar refractivity (Wildman–Crippen MR) is 116 cm³/mol. The van der Waals surface area contributed by atoms with Gasteiger partial charge in [-0.25, -0.2) is 0 Å². The lowest BCUT2D eigenvalue weighted by atomic mass is 9.86. The van der Waals surface area contributed by atoms with Gasteiger partial charge >= 0.3 is 0 Å².